The number of hydrogen-bond donors (Lipinski definition) is 1. The molecule has 1 N–H and O–H groups in total. The summed E-state index contributed by atoms with van der Waals surface area (Å²) in [5, 5.41) is 12.7. The molecule has 2 aromatic heterocycles. The highest BCUT2D eigenvalue weighted by Crippen LogP contribution is 2.23. The van der Waals surface area contributed by atoms with Gasteiger partial charge in [0.1, 0.15) is 16.8 Å². The van der Waals surface area contributed by atoms with Crippen LogP contribution in [0.1, 0.15) is 16.1 Å². The van der Waals surface area contributed by atoms with Crippen molar-refractivity contribution in [1.29, 1.82) is 5.26 Å². The molecule has 2 amide bonds. The number of carbonyl (C=O) groups is 1. The number of anilines is 2. The van der Waals surface area contributed by atoms with E-state index < -0.39 is 0 Å². The monoisotopic (exact) mass is 400 g/mol. The molecule has 0 radical (unpaired) electrons. The molecule has 1 atom stereocenters. The normalized spacial score (nSPS) is 16.9. The summed E-state index contributed by atoms with van der Waals surface area (Å²) in [6.07, 6.45) is 2.34. The van der Waals surface area contributed by atoms with E-state index in [1.54, 1.807) is 25.2 Å². The van der Waals surface area contributed by atoms with Crippen LogP contribution in [0.3, 0.4) is 0 Å². The van der Waals surface area contributed by atoms with Gasteiger partial charge in [0.2, 0.25) is 0 Å². The number of thiazole rings is 1. The van der Waals surface area contributed by atoms with Gasteiger partial charge in [0.15, 0.2) is 5.13 Å². The number of rotatable bonds is 4. The van der Waals surface area contributed by atoms with Crippen LogP contribution in [0.2, 0.25) is 0 Å². The van der Waals surface area contributed by atoms with Crippen molar-refractivity contribution in [3.8, 4) is 6.07 Å². The fourth-order valence-electron chi connectivity index (χ4n) is 3.14. The number of hydrogen-bond acceptors (Lipinski definition) is 7. The summed E-state index contributed by atoms with van der Waals surface area (Å²) >= 11 is 1.29. The second-order valence-electron chi connectivity index (χ2n) is 6.98. The largest absolute Gasteiger partial charge is 0.379 e. The number of ether oxygens (including phenoxy) is 1. The molecule has 28 heavy (non-hydrogen) atoms. The van der Waals surface area contributed by atoms with Crippen molar-refractivity contribution in [2.24, 2.45) is 5.92 Å². The first-order chi connectivity index (χ1) is 13.5. The highest BCUT2D eigenvalue weighted by Gasteiger charge is 2.24. The molecule has 0 aliphatic carbocycles. The molecule has 1 saturated heterocycles. The number of nitrogens with zero attached hydrogens (tertiary/aromatic N) is 5. The Balaban J connectivity index is 1.66. The minimum Gasteiger partial charge on any atom is -0.379 e. The van der Waals surface area contributed by atoms with Crippen molar-refractivity contribution >= 4 is 28.3 Å². The molecule has 0 unspecified atom stereocenters. The van der Waals surface area contributed by atoms with Gasteiger partial charge < -0.3 is 19.9 Å². The van der Waals surface area contributed by atoms with Gasteiger partial charge in [-0.1, -0.05) is 17.4 Å². The van der Waals surface area contributed by atoms with Gasteiger partial charge in [0.05, 0.1) is 19.4 Å². The van der Waals surface area contributed by atoms with Gasteiger partial charge in [-0.15, -0.1) is 0 Å². The van der Waals surface area contributed by atoms with E-state index in [1.165, 1.54) is 11.3 Å². The second-order valence-corrected chi connectivity index (χ2v) is 8.01. The van der Waals surface area contributed by atoms with E-state index in [1.807, 2.05) is 24.0 Å². The predicted molar refractivity (Wildman–Crippen MR) is 108 cm³/mol. The molecular formula is C19H24N6O2S. The van der Waals surface area contributed by atoms with Crippen molar-refractivity contribution in [2.75, 3.05) is 45.7 Å². The maximum absolute atomic E-state index is 12.3. The van der Waals surface area contributed by atoms with E-state index in [0.717, 1.165) is 17.7 Å². The highest BCUT2D eigenvalue weighted by atomic mass is 32.1. The van der Waals surface area contributed by atoms with Crippen LogP contribution in [0.4, 0.5) is 15.7 Å². The van der Waals surface area contributed by atoms with Crippen molar-refractivity contribution in [2.45, 2.75) is 13.3 Å². The summed E-state index contributed by atoms with van der Waals surface area (Å²) in [4.78, 5) is 25.1. The lowest BCUT2D eigenvalue weighted by Gasteiger charge is -2.26. The Bertz CT molecular complexity index is 876. The third-order valence-corrected chi connectivity index (χ3v) is 5.36. The summed E-state index contributed by atoms with van der Waals surface area (Å²) in [7, 11) is 3.54. The van der Waals surface area contributed by atoms with Crippen molar-refractivity contribution < 1.29 is 9.53 Å². The van der Waals surface area contributed by atoms with Crippen LogP contribution in [-0.2, 0) is 11.2 Å². The number of nitriles is 1. The maximum atomic E-state index is 12.3. The zero-order chi connectivity index (χ0) is 20.1. The SMILES string of the molecule is Cc1nc(Nc2ncc(C#N)s2)ccc1C[C@H]1COCCN(C(=O)N(C)C)C1. The number of amides is 2. The van der Waals surface area contributed by atoms with E-state index in [2.05, 4.69) is 21.4 Å². The molecule has 8 nitrogen and oxygen atoms in total. The van der Waals surface area contributed by atoms with Gasteiger partial charge in [-0.25, -0.2) is 14.8 Å². The predicted octanol–water partition coefficient (Wildman–Crippen LogP) is 2.63. The molecule has 9 heteroatoms. The molecule has 1 fully saturated rings. The number of aryl methyl sites for hydroxylation is 1. The number of nitrogens with one attached hydrogen (secondary N) is 1. The number of pyridine rings is 1. The van der Waals surface area contributed by atoms with Gasteiger partial charge in [0, 0.05) is 38.8 Å². The van der Waals surface area contributed by atoms with Crippen molar-refractivity contribution in [1.82, 2.24) is 19.8 Å². The van der Waals surface area contributed by atoms with Gasteiger partial charge in [-0.05, 0) is 25.0 Å². The lowest BCUT2D eigenvalue weighted by molar-refractivity contribution is 0.121. The molecular weight excluding hydrogens is 376 g/mol. The first-order valence-corrected chi connectivity index (χ1v) is 9.91. The minimum atomic E-state index is 0.0186. The fourth-order valence-corrected chi connectivity index (χ4v) is 3.76. The first-order valence-electron chi connectivity index (χ1n) is 9.09. The molecule has 0 saturated carbocycles. The molecule has 0 aromatic carbocycles. The van der Waals surface area contributed by atoms with Crippen LogP contribution in [0.25, 0.3) is 0 Å². The number of carbonyl (C=O) groups excluding carboxylic acids is 1. The molecule has 3 heterocycles. The highest BCUT2D eigenvalue weighted by molar-refractivity contribution is 7.16. The molecule has 3 rings (SSSR count). The Morgan fingerprint density at radius 1 is 1.50 bits per heavy atom. The Kier molecular flexibility index (Phi) is 6.44. The Morgan fingerprint density at radius 2 is 2.32 bits per heavy atom. The van der Waals surface area contributed by atoms with Gasteiger partial charge >= 0.3 is 6.03 Å². The van der Waals surface area contributed by atoms with Crippen molar-refractivity contribution in [3.05, 3.63) is 34.5 Å². The van der Waals surface area contributed by atoms with Crippen LogP contribution in [0, 0.1) is 24.2 Å². The van der Waals surface area contributed by atoms with E-state index in [-0.39, 0.29) is 11.9 Å². The van der Waals surface area contributed by atoms with Crippen LogP contribution >= 0.6 is 11.3 Å². The quantitative estimate of drug-likeness (QED) is 0.848. The standard InChI is InChI=1S/C19H24N6O2S/c1-13-15(4-5-17(22-13)23-18-21-10-16(9-20)28-18)8-14-11-25(6-7-27-12-14)19(26)24(2)3/h4-5,10,14H,6-8,11-12H2,1-3H3,(H,21,22,23)/t14-/m1/s1. The van der Waals surface area contributed by atoms with Gasteiger partial charge in [-0.3, -0.25) is 0 Å². The number of urea groups is 1. The second kappa shape index (κ2) is 8.99. The topological polar surface area (TPSA) is 94.4 Å². The summed E-state index contributed by atoms with van der Waals surface area (Å²) in [5.74, 6) is 0.921. The molecule has 148 valence electrons. The van der Waals surface area contributed by atoms with E-state index in [0.29, 0.717) is 42.1 Å². The van der Waals surface area contributed by atoms with E-state index in [9.17, 15) is 4.79 Å². The summed E-state index contributed by atoms with van der Waals surface area (Å²) in [5.41, 5.74) is 2.06. The van der Waals surface area contributed by atoms with Crippen LogP contribution in [0.5, 0.6) is 0 Å². The zero-order valence-corrected chi connectivity index (χ0v) is 17.1. The van der Waals surface area contributed by atoms with E-state index >= 15 is 0 Å². The zero-order valence-electron chi connectivity index (χ0n) is 16.3. The van der Waals surface area contributed by atoms with Crippen LogP contribution < -0.4 is 5.32 Å². The van der Waals surface area contributed by atoms with Crippen LogP contribution in [0.15, 0.2) is 18.3 Å². The average molecular weight is 401 g/mol. The lowest BCUT2D eigenvalue weighted by Crippen LogP contribution is -2.42. The Hall–Kier alpha value is -2.70. The molecule has 0 bridgehead atoms. The molecule has 2 aromatic rings. The smallest absolute Gasteiger partial charge is 0.319 e. The third kappa shape index (κ3) is 4.97. The summed E-state index contributed by atoms with van der Waals surface area (Å²) in [6.45, 7) is 4.46. The Labute approximate surface area is 168 Å². The van der Waals surface area contributed by atoms with E-state index in [4.69, 9.17) is 10.00 Å². The summed E-state index contributed by atoms with van der Waals surface area (Å²) < 4.78 is 5.72. The maximum Gasteiger partial charge on any atom is 0.319 e. The van der Waals surface area contributed by atoms with Crippen LogP contribution in [-0.4, -0.2) is 66.2 Å². The minimum absolute atomic E-state index is 0.0186. The molecule has 1 aliphatic heterocycles. The Morgan fingerprint density at radius 3 is 3.00 bits per heavy atom. The fraction of sp³-hybridized carbons (Fsp3) is 0.474. The average Bonchev–Trinajstić information content (AvgIpc) is 2.99. The van der Waals surface area contributed by atoms with Crippen molar-refractivity contribution in [3.63, 3.8) is 0 Å². The lowest BCUT2D eigenvalue weighted by atomic mass is 9.98. The number of aromatic nitrogens is 2. The van der Waals surface area contributed by atoms with Gasteiger partial charge in [-0.2, -0.15) is 5.26 Å². The summed E-state index contributed by atoms with van der Waals surface area (Å²) in [6, 6.07) is 6.05. The first kappa shape index (κ1) is 20.0. The third-order valence-electron chi connectivity index (χ3n) is 4.55. The molecule has 0 spiro atoms. The van der Waals surface area contributed by atoms with Gasteiger partial charge in [0.25, 0.3) is 0 Å². The molecule has 1 aliphatic rings.